The molecule has 1 atom stereocenters. The van der Waals surface area contributed by atoms with Crippen molar-refractivity contribution in [2.75, 3.05) is 33.2 Å². The molecule has 1 aromatic rings. The van der Waals surface area contributed by atoms with Gasteiger partial charge in [-0.15, -0.1) is 11.8 Å². The van der Waals surface area contributed by atoms with Crippen molar-refractivity contribution < 1.29 is 4.79 Å². The minimum absolute atomic E-state index is 0.230. The topological polar surface area (TPSA) is 23.6 Å². The van der Waals surface area contributed by atoms with Crippen LogP contribution in [-0.4, -0.2) is 54.2 Å². The van der Waals surface area contributed by atoms with Crippen LogP contribution in [0.25, 0.3) is 0 Å². The maximum Gasteiger partial charge on any atom is 0.253 e. The Labute approximate surface area is 149 Å². The van der Waals surface area contributed by atoms with E-state index in [9.17, 15) is 4.79 Å². The van der Waals surface area contributed by atoms with Crippen molar-refractivity contribution in [3.05, 3.63) is 29.8 Å². The van der Waals surface area contributed by atoms with E-state index in [-0.39, 0.29) is 5.91 Å². The zero-order valence-electron chi connectivity index (χ0n) is 14.6. The molecule has 0 spiro atoms. The zero-order chi connectivity index (χ0) is 16.5. The summed E-state index contributed by atoms with van der Waals surface area (Å²) in [5, 5.41) is 0.820. The Bertz CT molecular complexity index is 576. The van der Waals surface area contributed by atoms with E-state index in [1.165, 1.54) is 50.1 Å². The van der Waals surface area contributed by atoms with Gasteiger partial charge in [0, 0.05) is 28.8 Å². The van der Waals surface area contributed by atoms with Crippen LogP contribution in [0.2, 0.25) is 0 Å². The average molecular weight is 345 g/mol. The summed E-state index contributed by atoms with van der Waals surface area (Å²) in [5.41, 5.74) is 0.860. The van der Waals surface area contributed by atoms with Gasteiger partial charge in [-0.2, -0.15) is 0 Å². The van der Waals surface area contributed by atoms with E-state index >= 15 is 0 Å². The first-order valence-electron chi connectivity index (χ1n) is 9.43. The molecule has 1 unspecified atom stereocenters. The highest BCUT2D eigenvalue weighted by Gasteiger charge is 2.33. The molecule has 0 bridgehead atoms. The zero-order valence-corrected chi connectivity index (χ0v) is 15.4. The minimum Gasteiger partial charge on any atom is -0.338 e. The number of benzene rings is 1. The molecule has 3 fully saturated rings. The second-order valence-electron chi connectivity index (χ2n) is 7.78. The highest BCUT2D eigenvalue weighted by molar-refractivity contribution is 8.00. The molecule has 1 saturated carbocycles. The monoisotopic (exact) mass is 344 g/mol. The smallest absolute Gasteiger partial charge is 0.253 e. The predicted octanol–water partition coefficient (Wildman–Crippen LogP) is 3.75. The van der Waals surface area contributed by atoms with Gasteiger partial charge in [-0.05, 0) is 88.3 Å². The lowest BCUT2D eigenvalue weighted by atomic mass is 9.84. The molecule has 4 heteroatoms. The Hall–Kier alpha value is -1.00. The van der Waals surface area contributed by atoms with E-state index in [0.717, 1.165) is 29.8 Å². The maximum absolute atomic E-state index is 12.8. The summed E-state index contributed by atoms with van der Waals surface area (Å²) in [4.78, 5) is 18.6. The first-order chi connectivity index (χ1) is 11.7. The van der Waals surface area contributed by atoms with E-state index in [1.54, 1.807) is 0 Å². The largest absolute Gasteiger partial charge is 0.338 e. The van der Waals surface area contributed by atoms with Gasteiger partial charge in [0.05, 0.1) is 0 Å². The number of piperidine rings is 1. The number of nitrogens with zero attached hydrogens (tertiary/aromatic N) is 2. The van der Waals surface area contributed by atoms with Gasteiger partial charge in [-0.1, -0.05) is 0 Å². The van der Waals surface area contributed by atoms with E-state index in [2.05, 4.69) is 29.0 Å². The van der Waals surface area contributed by atoms with E-state index in [0.29, 0.717) is 5.92 Å². The average Bonchev–Trinajstić information content (AvgIpc) is 3.28. The third-order valence-electron chi connectivity index (χ3n) is 5.87. The Balaban J connectivity index is 1.33. The van der Waals surface area contributed by atoms with Crippen molar-refractivity contribution in [1.82, 2.24) is 9.80 Å². The van der Waals surface area contributed by atoms with Gasteiger partial charge in [0.2, 0.25) is 0 Å². The van der Waals surface area contributed by atoms with E-state index in [4.69, 9.17) is 0 Å². The van der Waals surface area contributed by atoms with Crippen molar-refractivity contribution in [3.63, 3.8) is 0 Å². The standard InChI is InChI=1S/C20H28N2OS/c1-21-11-8-15(9-12-21)17-10-13-22(14-17)20(23)16-2-4-18(5-3-16)24-19-6-7-19/h2-5,15,17,19H,6-14H2,1H3. The van der Waals surface area contributed by atoms with Gasteiger partial charge in [0.15, 0.2) is 0 Å². The van der Waals surface area contributed by atoms with Gasteiger partial charge >= 0.3 is 0 Å². The number of carbonyl (C=O) groups excluding carboxylic acids is 1. The quantitative estimate of drug-likeness (QED) is 0.831. The molecule has 0 aromatic heterocycles. The molecule has 0 radical (unpaired) electrons. The number of thioether (sulfide) groups is 1. The summed E-state index contributed by atoms with van der Waals surface area (Å²) in [6, 6.07) is 8.30. The number of hydrogen-bond acceptors (Lipinski definition) is 3. The van der Waals surface area contributed by atoms with Crippen LogP contribution in [0.3, 0.4) is 0 Å². The number of likely N-dealkylation sites (tertiary alicyclic amines) is 2. The summed E-state index contributed by atoms with van der Waals surface area (Å²) in [6.45, 7) is 4.34. The molecule has 2 heterocycles. The lowest BCUT2D eigenvalue weighted by molar-refractivity contribution is 0.0776. The maximum atomic E-state index is 12.8. The summed E-state index contributed by atoms with van der Waals surface area (Å²) in [5.74, 6) is 1.76. The molecule has 0 N–H and O–H groups in total. The number of rotatable bonds is 4. The lowest BCUT2D eigenvalue weighted by Gasteiger charge is -2.32. The van der Waals surface area contributed by atoms with Crippen LogP contribution in [0, 0.1) is 11.8 Å². The molecule has 130 valence electrons. The molecule has 1 aromatic carbocycles. The SMILES string of the molecule is CN1CCC(C2CCN(C(=O)c3ccc(SC4CC4)cc3)C2)CC1. The Morgan fingerprint density at radius 2 is 1.62 bits per heavy atom. The third kappa shape index (κ3) is 3.80. The Morgan fingerprint density at radius 1 is 0.958 bits per heavy atom. The Morgan fingerprint density at radius 3 is 2.29 bits per heavy atom. The number of amides is 1. The first-order valence-corrected chi connectivity index (χ1v) is 10.3. The highest BCUT2D eigenvalue weighted by atomic mass is 32.2. The summed E-state index contributed by atoms with van der Waals surface area (Å²) in [7, 11) is 2.21. The molecule has 3 nitrogen and oxygen atoms in total. The van der Waals surface area contributed by atoms with Gasteiger partial charge in [-0.25, -0.2) is 0 Å². The lowest BCUT2D eigenvalue weighted by Crippen LogP contribution is -2.35. The number of hydrogen-bond donors (Lipinski definition) is 0. The summed E-state index contributed by atoms with van der Waals surface area (Å²) in [6.07, 6.45) is 6.48. The predicted molar refractivity (Wildman–Crippen MR) is 99.6 cm³/mol. The third-order valence-corrected chi connectivity index (χ3v) is 7.22. The van der Waals surface area contributed by atoms with Crippen LogP contribution in [0.1, 0.15) is 42.5 Å². The molecule has 1 aliphatic carbocycles. The highest BCUT2D eigenvalue weighted by Crippen LogP contribution is 2.39. The van der Waals surface area contributed by atoms with Gasteiger partial charge in [-0.3, -0.25) is 4.79 Å². The van der Waals surface area contributed by atoms with Crippen molar-refractivity contribution in [1.29, 1.82) is 0 Å². The molecular weight excluding hydrogens is 316 g/mol. The molecule has 4 rings (SSSR count). The van der Waals surface area contributed by atoms with Crippen molar-refractivity contribution in [2.45, 2.75) is 42.2 Å². The minimum atomic E-state index is 0.230. The number of carbonyl (C=O) groups is 1. The molecule has 3 aliphatic rings. The second-order valence-corrected chi connectivity index (χ2v) is 9.16. The van der Waals surface area contributed by atoms with Gasteiger partial charge < -0.3 is 9.80 Å². The summed E-state index contributed by atoms with van der Waals surface area (Å²) < 4.78 is 0. The van der Waals surface area contributed by atoms with Crippen LogP contribution in [0.5, 0.6) is 0 Å². The fourth-order valence-electron chi connectivity index (χ4n) is 4.09. The second kappa shape index (κ2) is 7.09. The molecule has 24 heavy (non-hydrogen) atoms. The molecule has 2 aliphatic heterocycles. The molecule has 2 saturated heterocycles. The van der Waals surface area contributed by atoms with Crippen molar-refractivity contribution >= 4 is 17.7 Å². The van der Waals surface area contributed by atoms with Crippen molar-refractivity contribution in [3.8, 4) is 0 Å². The molecule has 1 amide bonds. The van der Waals surface area contributed by atoms with Crippen LogP contribution >= 0.6 is 11.8 Å². The van der Waals surface area contributed by atoms with Crippen LogP contribution in [0.15, 0.2) is 29.2 Å². The molecular formula is C20H28N2OS. The van der Waals surface area contributed by atoms with E-state index in [1.807, 2.05) is 23.9 Å². The van der Waals surface area contributed by atoms with Gasteiger partial charge in [0.25, 0.3) is 5.91 Å². The van der Waals surface area contributed by atoms with Crippen LogP contribution < -0.4 is 0 Å². The fraction of sp³-hybridized carbons (Fsp3) is 0.650. The Kier molecular flexibility index (Phi) is 4.86. The van der Waals surface area contributed by atoms with E-state index < -0.39 is 0 Å². The first kappa shape index (κ1) is 16.5. The van der Waals surface area contributed by atoms with Crippen molar-refractivity contribution in [2.24, 2.45) is 11.8 Å². The summed E-state index contributed by atoms with van der Waals surface area (Å²) >= 11 is 1.95. The van der Waals surface area contributed by atoms with Crippen LogP contribution in [-0.2, 0) is 0 Å². The normalized spacial score (nSPS) is 26.0. The fourth-order valence-corrected chi connectivity index (χ4v) is 5.14. The van der Waals surface area contributed by atoms with Gasteiger partial charge in [0.1, 0.15) is 0 Å². The van der Waals surface area contributed by atoms with Crippen LogP contribution in [0.4, 0.5) is 0 Å².